The molecule has 1 heteroatoms. The van der Waals surface area contributed by atoms with E-state index in [-0.39, 0.29) is 0 Å². The highest BCUT2D eigenvalue weighted by atomic mass is 15.2. The van der Waals surface area contributed by atoms with E-state index in [1.807, 2.05) is 13.8 Å². The summed E-state index contributed by atoms with van der Waals surface area (Å²) in [5.74, 6) is 0.792. The van der Waals surface area contributed by atoms with Gasteiger partial charge in [0.25, 0.3) is 0 Å². The summed E-state index contributed by atoms with van der Waals surface area (Å²) in [6.07, 6.45) is 2.76. The van der Waals surface area contributed by atoms with Crippen molar-refractivity contribution in [2.75, 3.05) is 13.6 Å². The van der Waals surface area contributed by atoms with Crippen molar-refractivity contribution >= 4 is 0 Å². The van der Waals surface area contributed by atoms with Gasteiger partial charge in [-0.3, -0.25) is 0 Å². The SMILES string of the molecule is CC.CC(C)C1(C)CCCN1C. The van der Waals surface area contributed by atoms with Crippen LogP contribution in [0.1, 0.15) is 47.5 Å². The quantitative estimate of drug-likeness (QED) is 0.586. The van der Waals surface area contributed by atoms with Gasteiger partial charge < -0.3 is 4.90 Å². The molecule has 1 atom stereocenters. The molecule has 1 aliphatic rings. The van der Waals surface area contributed by atoms with Gasteiger partial charge in [-0.1, -0.05) is 27.7 Å². The van der Waals surface area contributed by atoms with E-state index in [0.29, 0.717) is 5.54 Å². The summed E-state index contributed by atoms with van der Waals surface area (Å²) >= 11 is 0. The molecule has 0 aliphatic carbocycles. The van der Waals surface area contributed by atoms with E-state index < -0.39 is 0 Å². The van der Waals surface area contributed by atoms with Crippen LogP contribution in [0.2, 0.25) is 0 Å². The van der Waals surface area contributed by atoms with Crippen LogP contribution in [0.15, 0.2) is 0 Å². The monoisotopic (exact) mass is 171 g/mol. The highest BCUT2D eigenvalue weighted by Crippen LogP contribution is 2.33. The standard InChI is InChI=1S/C9H19N.C2H6/c1-8(2)9(3)6-5-7-10(9)4;1-2/h8H,5-7H2,1-4H3;1-2H3. The maximum atomic E-state index is 2.50. The van der Waals surface area contributed by atoms with Crippen molar-refractivity contribution in [1.29, 1.82) is 0 Å². The molecular formula is C11H25N. The first-order valence-electron chi connectivity index (χ1n) is 5.28. The van der Waals surface area contributed by atoms with Crippen molar-refractivity contribution in [3.63, 3.8) is 0 Å². The molecule has 1 nitrogen and oxygen atoms in total. The Kier molecular flexibility index (Phi) is 4.84. The summed E-state index contributed by atoms with van der Waals surface area (Å²) in [6, 6.07) is 0. The van der Waals surface area contributed by atoms with Crippen LogP contribution in [0.3, 0.4) is 0 Å². The van der Waals surface area contributed by atoms with Gasteiger partial charge in [-0.15, -0.1) is 0 Å². The Balaban J connectivity index is 0.000000561. The van der Waals surface area contributed by atoms with E-state index in [0.717, 1.165) is 5.92 Å². The Hall–Kier alpha value is -0.0400. The van der Waals surface area contributed by atoms with Gasteiger partial charge in [0.2, 0.25) is 0 Å². The van der Waals surface area contributed by atoms with Gasteiger partial charge in [0.1, 0.15) is 0 Å². The first-order valence-corrected chi connectivity index (χ1v) is 5.28. The summed E-state index contributed by atoms with van der Waals surface area (Å²) in [5.41, 5.74) is 0.486. The van der Waals surface area contributed by atoms with Crippen LogP contribution in [0.4, 0.5) is 0 Å². The maximum Gasteiger partial charge on any atom is 0.0201 e. The van der Waals surface area contributed by atoms with Crippen molar-refractivity contribution in [1.82, 2.24) is 4.90 Å². The second kappa shape index (κ2) is 4.86. The van der Waals surface area contributed by atoms with Gasteiger partial charge in [-0.05, 0) is 39.3 Å². The van der Waals surface area contributed by atoms with Gasteiger partial charge in [-0.25, -0.2) is 0 Å². The molecule has 0 spiro atoms. The first-order chi connectivity index (χ1) is 5.57. The lowest BCUT2D eigenvalue weighted by atomic mass is 9.86. The third-order valence-corrected chi connectivity index (χ3v) is 3.29. The van der Waals surface area contributed by atoms with Crippen molar-refractivity contribution in [3.8, 4) is 0 Å². The van der Waals surface area contributed by atoms with E-state index in [1.165, 1.54) is 19.4 Å². The molecule has 1 unspecified atom stereocenters. The molecule has 0 aromatic carbocycles. The fourth-order valence-electron chi connectivity index (χ4n) is 1.85. The zero-order chi connectivity index (χ0) is 9.78. The molecule has 1 rings (SSSR count). The van der Waals surface area contributed by atoms with Gasteiger partial charge in [0, 0.05) is 5.54 Å². The molecule has 0 amide bonds. The van der Waals surface area contributed by atoms with Gasteiger partial charge >= 0.3 is 0 Å². The van der Waals surface area contributed by atoms with Crippen LogP contribution in [0, 0.1) is 5.92 Å². The summed E-state index contributed by atoms with van der Waals surface area (Å²) in [5, 5.41) is 0. The maximum absolute atomic E-state index is 2.50. The third kappa shape index (κ3) is 2.22. The molecule has 0 bridgehead atoms. The second-order valence-corrected chi connectivity index (χ2v) is 4.04. The van der Waals surface area contributed by atoms with E-state index in [9.17, 15) is 0 Å². The van der Waals surface area contributed by atoms with Crippen LogP contribution in [-0.2, 0) is 0 Å². The predicted molar refractivity (Wildman–Crippen MR) is 56.5 cm³/mol. The smallest absolute Gasteiger partial charge is 0.0201 e. The summed E-state index contributed by atoms with van der Waals surface area (Å²) < 4.78 is 0. The Morgan fingerprint density at radius 1 is 1.25 bits per heavy atom. The van der Waals surface area contributed by atoms with Crippen LogP contribution >= 0.6 is 0 Å². The van der Waals surface area contributed by atoms with E-state index >= 15 is 0 Å². The molecule has 74 valence electrons. The fourth-order valence-corrected chi connectivity index (χ4v) is 1.85. The number of rotatable bonds is 1. The highest BCUT2D eigenvalue weighted by molar-refractivity contribution is 4.92. The lowest BCUT2D eigenvalue weighted by Gasteiger charge is -2.36. The Morgan fingerprint density at radius 3 is 1.92 bits per heavy atom. The fraction of sp³-hybridized carbons (Fsp3) is 1.00. The molecule has 1 saturated heterocycles. The molecular weight excluding hydrogens is 146 g/mol. The van der Waals surface area contributed by atoms with Crippen molar-refractivity contribution in [2.24, 2.45) is 5.92 Å². The summed E-state index contributed by atoms with van der Waals surface area (Å²) in [7, 11) is 2.24. The van der Waals surface area contributed by atoms with E-state index in [1.54, 1.807) is 0 Å². The van der Waals surface area contributed by atoms with Crippen molar-refractivity contribution in [2.45, 2.75) is 53.0 Å². The topological polar surface area (TPSA) is 3.24 Å². The van der Waals surface area contributed by atoms with E-state index in [2.05, 4.69) is 32.7 Å². The Labute approximate surface area is 78.1 Å². The van der Waals surface area contributed by atoms with E-state index in [4.69, 9.17) is 0 Å². The number of likely N-dealkylation sites (tertiary alicyclic amines) is 1. The Bertz CT molecular complexity index is 120. The molecule has 1 aliphatic heterocycles. The number of hydrogen-bond acceptors (Lipinski definition) is 1. The van der Waals surface area contributed by atoms with Gasteiger partial charge in [0.05, 0.1) is 0 Å². The van der Waals surface area contributed by atoms with Crippen molar-refractivity contribution < 1.29 is 0 Å². The number of nitrogens with zero attached hydrogens (tertiary/aromatic N) is 1. The highest BCUT2D eigenvalue weighted by Gasteiger charge is 2.36. The van der Waals surface area contributed by atoms with Gasteiger partial charge in [0.15, 0.2) is 0 Å². The first kappa shape index (κ1) is 12.0. The molecule has 12 heavy (non-hydrogen) atoms. The predicted octanol–water partition coefficient (Wildman–Crippen LogP) is 3.15. The van der Waals surface area contributed by atoms with Crippen molar-refractivity contribution in [3.05, 3.63) is 0 Å². The largest absolute Gasteiger partial charge is 0.301 e. The lowest BCUT2D eigenvalue weighted by Crippen LogP contribution is -2.42. The van der Waals surface area contributed by atoms with Crippen LogP contribution in [0.5, 0.6) is 0 Å². The second-order valence-electron chi connectivity index (χ2n) is 4.04. The molecule has 1 heterocycles. The zero-order valence-corrected chi connectivity index (χ0v) is 9.65. The molecule has 0 aromatic heterocycles. The summed E-state index contributed by atoms with van der Waals surface area (Å²) in [4.78, 5) is 2.50. The van der Waals surface area contributed by atoms with Crippen LogP contribution in [-0.4, -0.2) is 24.0 Å². The average Bonchev–Trinajstić information content (AvgIpc) is 2.38. The number of hydrogen-bond donors (Lipinski definition) is 0. The molecule has 0 radical (unpaired) electrons. The lowest BCUT2D eigenvalue weighted by molar-refractivity contribution is 0.136. The normalized spacial score (nSPS) is 30.2. The minimum Gasteiger partial charge on any atom is -0.301 e. The van der Waals surface area contributed by atoms with Gasteiger partial charge in [-0.2, -0.15) is 0 Å². The molecule has 0 saturated carbocycles. The summed E-state index contributed by atoms with van der Waals surface area (Å²) in [6.45, 7) is 12.3. The molecule has 0 N–H and O–H groups in total. The third-order valence-electron chi connectivity index (χ3n) is 3.29. The zero-order valence-electron chi connectivity index (χ0n) is 9.65. The Morgan fingerprint density at radius 2 is 1.75 bits per heavy atom. The average molecular weight is 171 g/mol. The minimum atomic E-state index is 0.486. The molecule has 0 aromatic rings. The van der Waals surface area contributed by atoms with Crippen LogP contribution < -0.4 is 0 Å². The minimum absolute atomic E-state index is 0.486. The van der Waals surface area contributed by atoms with Crippen LogP contribution in [0.25, 0.3) is 0 Å². The molecule has 1 fully saturated rings.